The third-order valence-electron chi connectivity index (χ3n) is 4.45. The summed E-state index contributed by atoms with van der Waals surface area (Å²) >= 11 is 0. The Morgan fingerprint density at radius 1 is 1.12 bits per heavy atom. The number of non-ortho nitro benzene ring substituents is 1. The number of likely N-dealkylation sites (tertiary alicyclic amines) is 1. The van der Waals surface area contributed by atoms with Crippen LogP contribution in [-0.4, -0.2) is 34.7 Å². The van der Waals surface area contributed by atoms with Gasteiger partial charge in [0.2, 0.25) is 0 Å². The monoisotopic (exact) mass is 353 g/mol. The fraction of sp³-hybridized carbons (Fsp3) is 0.263. The highest BCUT2D eigenvalue weighted by molar-refractivity contribution is 6.09. The number of carbonyl (C=O) groups is 2. The van der Waals surface area contributed by atoms with Crippen LogP contribution in [0.25, 0.3) is 0 Å². The van der Waals surface area contributed by atoms with E-state index < -0.39 is 10.8 Å². The van der Waals surface area contributed by atoms with Gasteiger partial charge in [-0.25, -0.2) is 0 Å². The molecule has 1 aliphatic rings. The molecule has 2 aromatic carbocycles. The topological polar surface area (TPSA) is 92.6 Å². The Balaban J connectivity index is 1.89. The summed E-state index contributed by atoms with van der Waals surface area (Å²) in [6, 6.07) is 10.8. The molecule has 0 radical (unpaired) electrons. The van der Waals surface area contributed by atoms with Gasteiger partial charge < -0.3 is 10.2 Å². The van der Waals surface area contributed by atoms with Crippen molar-refractivity contribution in [2.75, 3.05) is 18.4 Å². The molecule has 1 fully saturated rings. The van der Waals surface area contributed by atoms with E-state index in [1.54, 1.807) is 17.0 Å². The number of amides is 2. The highest BCUT2D eigenvalue weighted by Crippen LogP contribution is 2.25. The summed E-state index contributed by atoms with van der Waals surface area (Å²) in [4.78, 5) is 37.5. The summed E-state index contributed by atoms with van der Waals surface area (Å²) in [5, 5.41) is 13.7. The van der Waals surface area contributed by atoms with Gasteiger partial charge in [-0.3, -0.25) is 19.7 Å². The molecule has 26 heavy (non-hydrogen) atoms. The first kappa shape index (κ1) is 17.6. The van der Waals surface area contributed by atoms with E-state index in [0.717, 1.165) is 18.4 Å². The number of benzene rings is 2. The lowest BCUT2D eigenvalue weighted by atomic mass is 10.1. The number of rotatable bonds is 4. The van der Waals surface area contributed by atoms with E-state index in [2.05, 4.69) is 5.32 Å². The molecule has 0 aliphatic carbocycles. The predicted molar refractivity (Wildman–Crippen MR) is 97.4 cm³/mol. The number of aryl methyl sites for hydroxylation is 1. The molecule has 1 heterocycles. The molecule has 3 rings (SSSR count). The van der Waals surface area contributed by atoms with Crippen molar-refractivity contribution in [3.8, 4) is 0 Å². The van der Waals surface area contributed by atoms with Gasteiger partial charge in [0, 0.05) is 30.8 Å². The normalized spacial score (nSPS) is 13.5. The smallest absolute Gasteiger partial charge is 0.270 e. The fourth-order valence-electron chi connectivity index (χ4n) is 3.05. The van der Waals surface area contributed by atoms with Gasteiger partial charge in [-0.05, 0) is 37.5 Å². The summed E-state index contributed by atoms with van der Waals surface area (Å²) in [5.41, 5.74) is 1.65. The Hall–Kier alpha value is -3.22. The molecule has 0 bridgehead atoms. The van der Waals surface area contributed by atoms with Crippen molar-refractivity contribution in [3.63, 3.8) is 0 Å². The van der Waals surface area contributed by atoms with E-state index >= 15 is 0 Å². The zero-order chi connectivity index (χ0) is 18.7. The van der Waals surface area contributed by atoms with E-state index in [4.69, 9.17) is 0 Å². The zero-order valence-electron chi connectivity index (χ0n) is 14.4. The van der Waals surface area contributed by atoms with Crippen molar-refractivity contribution in [3.05, 3.63) is 69.3 Å². The van der Waals surface area contributed by atoms with Crippen LogP contribution in [0.15, 0.2) is 42.5 Å². The van der Waals surface area contributed by atoms with Gasteiger partial charge in [-0.15, -0.1) is 0 Å². The summed E-state index contributed by atoms with van der Waals surface area (Å²) in [6.07, 6.45) is 1.96. The molecule has 134 valence electrons. The maximum absolute atomic E-state index is 12.8. The summed E-state index contributed by atoms with van der Waals surface area (Å²) < 4.78 is 0. The summed E-state index contributed by atoms with van der Waals surface area (Å²) in [7, 11) is 0. The highest BCUT2D eigenvalue weighted by atomic mass is 16.6. The number of nitro groups is 1. The van der Waals surface area contributed by atoms with Crippen LogP contribution in [0, 0.1) is 17.0 Å². The molecular formula is C19H19N3O4. The highest BCUT2D eigenvalue weighted by Gasteiger charge is 2.23. The first-order chi connectivity index (χ1) is 12.5. The van der Waals surface area contributed by atoms with Crippen LogP contribution in [0.1, 0.15) is 39.1 Å². The number of nitrogens with zero attached hydrogens (tertiary/aromatic N) is 2. The predicted octanol–water partition coefficient (Wildman–Crippen LogP) is 3.39. The number of para-hydroxylation sites is 1. The van der Waals surface area contributed by atoms with E-state index in [0.29, 0.717) is 24.3 Å². The second kappa shape index (κ2) is 7.35. The van der Waals surface area contributed by atoms with Crippen molar-refractivity contribution in [1.29, 1.82) is 0 Å². The molecule has 0 spiro atoms. The van der Waals surface area contributed by atoms with Crippen LogP contribution in [0.3, 0.4) is 0 Å². The Morgan fingerprint density at radius 3 is 2.50 bits per heavy atom. The molecule has 1 saturated heterocycles. The second-order valence-electron chi connectivity index (χ2n) is 6.26. The van der Waals surface area contributed by atoms with Gasteiger partial charge in [-0.1, -0.05) is 18.2 Å². The minimum atomic E-state index is -0.549. The van der Waals surface area contributed by atoms with Crippen molar-refractivity contribution in [2.24, 2.45) is 0 Å². The molecule has 2 aromatic rings. The maximum atomic E-state index is 12.8. The maximum Gasteiger partial charge on any atom is 0.270 e. The van der Waals surface area contributed by atoms with Crippen LogP contribution in [0.2, 0.25) is 0 Å². The van der Waals surface area contributed by atoms with Crippen molar-refractivity contribution < 1.29 is 14.5 Å². The van der Waals surface area contributed by atoms with Gasteiger partial charge in [0.05, 0.1) is 16.2 Å². The molecule has 1 aliphatic heterocycles. The van der Waals surface area contributed by atoms with E-state index in [9.17, 15) is 19.7 Å². The van der Waals surface area contributed by atoms with Gasteiger partial charge in [0.1, 0.15) is 0 Å². The number of nitrogens with one attached hydrogen (secondary N) is 1. The van der Waals surface area contributed by atoms with Crippen LogP contribution in [0.5, 0.6) is 0 Å². The Bertz CT molecular complexity index is 873. The standard InChI is InChI=1S/C19H19N3O4/c1-13-6-4-9-16(19(24)21-10-2-3-11-21)17(13)20-18(23)14-7-5-8-15(12-14)22(25)26/h4-9,12H,2-3,10-11H2,1H3,(H,20,23). The number of hydrogen-bond acceptors (Lipinski definition) is 4. The fourth-order valence-corrected chi connectivity index (χ4v) is 3.05. The molecule has 7 nitrogen and oxygen atoms in total. The SMILES string of the molecule is Cc1cccc(C(=O)N2CCCC2)c1NC(=O)c1cccc([N+](=O)[O-])c1. The molecule has 0 unspecified atom stereocenters. The lowest BCUT2D eigenvalue weighted by Gasteiger charge is -2.19. The van der Waals surface area contributed by atoms with E-state index in [-0.39, 0.29) is 17.2 Å². The van der Waals surface area contributed by atoms with Crippen LogP contribution in [0.4, 0.5) is 11.4 Å². The molecule has 0 atom stereocenters. The lowest BCUT2D eigenvalue weighted by Crippen LogP contribution is -2.29. The number of hydrogen-bond donors (Lipinski definition) is 1. The lowest BCUT2D eigenvalue weighted by molar-refractivity contribution is -0.384. The molecule has 1 N–H and O–H groups in total. The van der Waals surface area contributed by atoms with E-state index in [1.807, 2.05) is 13.0 Å². The van der Waals surface area contributed by atoms with Gasteiger partial charge in [0.15, 0.2) is 0 Å². The molecule has 2 amide bonds. The van der Waals surface area contributed by atoms with Crippen molar-refractivity contribution in [1.82, 2.24) is 4.90 Å². The van der Waals surface area contributed by atoms with Gasteiger partial charge in [0.25, 0.3) is 17.5 Å². The minimum absolute atomic E-state index is 0.111. The third-order valence-corrected chi connectivity index (χ3v) is 4.45. The Kier molecular flexibility index (Phi) is 4.97. The van der Waals surface area contributed by atoms with Gasteiger partial charge >= 0.3 is 0 Å². The van der Waals surface area contributed by atoms with Gasteiger partial charge in [-0.2, -0.15) is 0 Å². The zero-order valence-corrected chi connectivity index (χ0v) is 14.4. The van der Waals surface area contributed by atoms with Crippen LogP contribution < -0.4 is 5.32 Å². The Morgan fingerprint density at radius 2 is 1.81 bits per heavy atom. The van der Waals surface area contributed by atoms with Crippen molar-refractivity contribution in [2.45, 2.75) is 19.8 Å². The summed E-state index contributed by atoms with van der Waals surface area (Å²) in [6.45, 7) is 3.24. The molecular weight excluding hydrogens is 334 g/mol. The molecule has 0 saturated carbocycles. The second-order valence-corrected chi connectivity index (χ2v) is 6.26. The number of nitro benzene ring substituents is 1. The van der Waals surface area contributed by atoms with E-state index in [1.165, 1.54) is 24.3 Å². The van der Waals surface area contributed by atoms with Crippen LogP contribution in [-0.2, 0) is 0 Å². The molecule has 7 heteroatoms. The quantitative estimate of drug-likeness (QED) is 0.673. The molecule has 0 aromatic heterocycles. The minimum Gasteiger partial charge on any atom is -0.339 e. The average molecular weight is 353 g/mol. The third kappa shape index (κ3) is 3.56. The average Bonchev–Trinajstić information content (AvgIpc) is 3.17. The largest absolute Gasteiger partial charge is 0.339 e. The van der Waals surface area contributed by atoms with Crippen LogP contribution >= 0.6 is 0 Å². The first-order valence-corrected chi connectivity index (χ1v) is 8.42. The Labute approximate surface area is 150 Å². The summed E-state index contributed by atoms with van der Waals surface area (Å²) in [5.74, 6) is -0.598. The number of anilines is 1. The first-order valence-electron chi connectivity index (χ1n) is 8.42. The van der Waals surface area contributed by atoms with Crippen molar-refractivity contribution >= 4 is 23.2 Å². The number of carbonyl (C=O) groups excluding carboxylic acids is 2.